The number of hydrogen-bond donors (Lipinski definition) is 1. The summed E-state index contributed by atoms with van der Waals surface area (Å²) in [6, 6.07) is 8.97. The van der Waals surface area contributed by atoms with Gasteiger partial charge in [-0.15, -0.1) is 0 Å². The Balaban J connectivity index is 2.62. The minimum atomic E-state index is -0.739. The molecule has 1 N–H and O–H groups in total. The van der Waals surface area contributed by atoms with Crippen LogP contribution in [0.1, 0.15) is 32.3 Å². The third kappa shape index (κ3) is 2.86. The molecule has 6 nitrogen and oxygen atoms in total. The predicted octanol–water partition coefficient (Wildman–Crippen LogP) is 2.72. The highest BCUT2D eigenvalue weighted by atomic mass is 16.6. The lowest BCUT2D eigenvalue weighted by molar-refractivity contribution is -0.431. The lowest BCUT2D eigenvalue weighted by atomic mass is 9.84. The normalized spacial score (nSPS) is 18.0. The fraction of sp³-hybridized carbons (Fsp3) is 0.312. The van der Waals surface area contributed by atoms with Crippen molar-refractivity contribution in [1.82, 2.24) is 5.32 Å². The van der Waals surface area contributed by atoms with Gasteiger partial charge in [-0.2, -0.15) is 0 Å². The van der Waals surface area contributed by atoms with Crippen molar-refractivity contribution in [2.24, 2.45) is 0 Å². The van der Waals surface area contributed by atoms with Gasteiger partial charge in [0.1, 0.15) is 5.92 Å². The highest BCUT2D eigenvalue weighted by Crippen LogP contribution is 2.38. The molecule has 0 spiro atoms. The first-order valence-corrected chi connectivity index (χ1v) is 7.02. The Kier molecular flexibility index (Phi) is 4.60. The van der Waals surface area contributed by atoms with E-state index in [1.165, 1.54) is 0 Å². The Morgan fingerprint density at radius 2 is 1.91 bits per heavy atom. The molecule has 0 fully saturated rings. The van der Waals surface area contributed by atoms with E-state index >= 15 is 0 Å². The monoisotopic (exact) mass is 302 g/mol. The summed E-state index contributed by atoms with van der Waals surface area (Å²) in [6.07, 6.45) is 0. The van der Waals surface area contributed by atoms with Crippen LogP contribution in [0.3, 0.4) is 0 Å². The maximum Gasteiger partial charge on any atom is 0.336 e. The Morgan fingerprint density at radius 3 is 2.45 bits per heavy atom. The quantitative estimate of drug-likeness (QED) is 0.525. The highest BCUT2D eigenvalue weighted by Gasteiger charge is 2.40. The van der Waals surface area contributed by atoms with E-state index in [0.29, 0.717) is 17.0 Å². The molecule has 0 radical (unpaired) electrons. The number of carbonyl (C=O) groups is 1. The number of ether oxygens (including phenoxy) is 1. The van der Waals surface area contributed by atoms with Gasteiger partial charge in [0.2, 0.25) is 0 Å². The zero-order chi connectivity index (χ0) is 16.3. The number of carbonyl (C=O) groups excluding carboxylic acids is 1. The average Bonchev–Trinajstić information content (AvgIpc) is 2.47. The zero-order valence-corrected chi connectivity index (χ0v) is 12.8. The minimum Gasteiger partial charge on any atom is -0.463 e. The van der Waals surface area contributed by atoms with Crippen molar-refractivity contribution in [2.45, 2.75) is 26.7 Å². The van der Waals surface area contributed by atoms with Crippen LogP contribution in [0.5, 0.6) is 0 Å². The molecule has 0 saturated carbocycles. The molecule has 22 heavy (non-hydrogen) atoms. The maximum atomic E-state index is 12.3. The first-order chi connectivity index (χ1) is 10.5. The van der Waals surface area contributed by atoms with Gasteiger partial charge in [0.15, 0.2) is 0 Å². The predicted molar refractivity (Wildman–Crippen MR) is 81.3 cm³/mol. The van der Waals surface area contributed by atoms with Crippen molar-refractivity contribution in [3.05, 3.63) is 68.7 Å². The second-order valence-corrected chi connectivity index (χ2v) is 5.00. The van der Waals surface area contributed by atoms with Gasteiger partial charge in [0.25, 0.3) is 5.70 Å². The van der Waals surface area contributed by atoms with Crippen molar-refractivity contribution in [1.29, 1.82) is 0 Å². The van der Waals surface area contributed by atoms with Crippen LogP contribution in [0.25, 0.3) is 0 Å². The van der Waals surface area contributed by atoms with Gasteiger partial charge in [-0.3, -0.25) is 10.1 Å². The molecule has 1 aliphatic heterocycles. The van der Waals surface area contributed by atoms with E-state index in [2.05, 4.69) is 5.32 Å². The van der Waals surface area contributed by atoms with Gasteiger partial charge in [-0.25, -0.2) is 4.79 Å². The highest BCUT2D eigenvalue weighted by molar-refractivity contribution is 5.92. The van der Waals surface area contributed by atoms with Crippen LogP contribution in [-0.4, -0.2) is 17.5 Å². The third-order valence-corrected chi connectivity index (χ3v) is 3.55. The first-order valence-electron chi connectivity index (χ1n) is 7.02. The molecular weight excluding hydrogens is 284 g/mol. The molecule has 0 saturated heterocycles. The Morgan fingerprint density at radius 1 is 1.27 bits per heavy atom. The molecule has 1 aromatic carbocycles. The molecule has 1 atom stereocenters. The number of hydrogen-bond acceptors (Lipinski definition) is 5. The van der Waals surface area contributed by atoms with Gasteiger partial charge in [0.05, 0.1) is 22.8 Å². The van der Waals surface area contributed by atoms with E-state index in [1.54, 1.807) is 45.0 Å². The van der Waals surface area contributed by atoms with E-state index in [-0.39, 0.29) is 17.9 Å². The molecule has 116 valence electrons. The molecule has 1 heterocycles. The number of nitrogens with zero attached hydrogens (tertiary/aromatic N) is 1. The standard InChI is InChI=1S/C16H18N2O4/c1-4-22-16(19)13-10(2)17-11(3)15(18(20)21)14(13)12-8-6-5-7-9-12/h5-9,14,17H,4H2,1-3H3. The number of allylic oxidation sites excluding steroid dienone is 3. The lowest BCUT2D eigenvalue weighted by Crippen LogP contribution is -2.31. The smallest absolute Gasteiger partial charge is 0.336 e. The van der Waals surface area contributed by atoms with E-state index in [1.807, 2.05) is 6.07 Å². The molecule has 2 rings (SSSR count). The van der Waals surface area contributed by atoms with Crippen LogP contribution in [-0.2, 0) is 9.53 Å². The molecule has 1 aromatic rings. The molecule has 1 aliphatic rings. The second kappa shape index (κ2) is 6.43. The fourth-order valence-electron chi connectivity index (χ4n) is 2.67. The molecule has 0 bridgehead atoms. The van der Waals surface area contributed by atoms with Crippen molar-refractivity contribution < 1.29 is 14.5 Å². The van der Waals surface area contributed by atoms with Gasteiger partial charge in [0, 0.05) is 5.70 Å². The second-order valence-electron chi connectivity index (χ2n) is 5.00. The molecule has 6 heteroatoms. The molecule has 1 unspecified atom stereocenters. The number of benzene rings is 1. The molecule has 0 amide bonds. The topological polar surface area (TPSA) is 81.5 Å². The Hall–Kier alpha value is -2.63. The summed E-state index contributed by atoms with van der Waals surface area (Å²) >= 11 is 0. The Bertz CT molecular complexity index is 662. The average molecular weight is 302 g/mol. The fourth-order valence-corrected chi connectivity index (χ4v) is 2.67. The number of dihydropyridines is 1. The van der Waals surface area contributed by atoms with Gasteiger partial charge < -0.3 is 10.1 Å². The van der Waals surface area contributed by atoms with Gasteiger partial charge >= 0.3 is 5.97 Å². The van der Waals surface area contributed by atoms with Crippen LogP contribution >= 0.6 is 0 Å². The molecule has 0 aromatic heterocycles. The lowest BCUT2D eigenvalue weighted by Gasteiger charge is -2.26. The van der Waals surface area contributed by atoms with E-state index in [4.69, 9.17) is 4.74 Å². The van der Waals surface area contributed by atoms with E-state index < -0.39 is 16.8 Å². The summed E-state index contributed by atoms with van der Waals surface area (Å²) in [5.41, 5.74) is 1.96. The van der Waals surface area contributed by atoms with Crippen molar-refractivity contribution in [3.63, 3.8) is 0 Å². The number of esters is 1. The summed E-state index contributed by atoms with van der Waals surface area (Å²) in [7, 11) is 0. The summed E-state index contributed by atoms with van der Waals surface area (Å²) in [5, 5.41) is 14.4. The van der Waals surface area contributed by atoms with E-state index in [9.17, 15) is 14.9 Å². The van der Waals surface area contributed by atoms with Crippen LogP contribution in [0.2, 0.25) is 0 Å². The number of nitro groups is 1. The first kappa shape index (κ1) is 15.8. The van der Waals surface area contributed by atoms with Crippen LogP contribution in [0.15, 0.2) is 53.0 Å². The Labute approximate surface area is 128 Å². The van der Waals surface area contributed by atoms with Crippen molar-refractivity contribution in [3.8, 4) is 0 Å². The van der Waals surface area contributed by atoms with Crippen LogP contribution in [0, 0.1) is 10.1 Å². The zero-order valence-electron chi connectivity index (χ0n) is 12.8. The maximum absolute atomic E-state index is 12.3. The van der Waals surface area contributed by atoms with Crippen molar-refractivity contribution in [2.75, 3.05) is 6.61 Å². The molecular formula is C16H18N2O4. The largest absolute Gasteiger partial charge is 0.463 e. The summed E-state index contributed by atoms with van der Waals surface area (Å²) in [5.74, 6) is -1.27. The van der Waals surface area contributed by atoms with Gasteiger partial charge in [-0.1, -0.05) is 30.3 Å². The summed E-state index contributed by atoms with van der Waals surface area (Å²) < 4.78 is 5.08. The van der Waals surface area contributed by atoms with Crippen LogP contribution < -0.4 is 5.32 Å². The summed E-state index contributed by atoms with van der Waals surface area (Å²) in [4.78, 5) is 23.4. The molecule has 0 aliphatic carbocycles. The van der Waals surface area contributed by atoms with E-state index in [0.717, 1.165) is 0 Å². The van der Waals surface area contributed by atoms with Crippen molar-refractivity contribution >= 4 is 5.97 Å². The number of rotatable bonds is 4. The third-order valence-electron chi connectivity index (χ3n) is 3.55. The van der Waals surface area contributed by atoms with Gasteiger partial charge in [-0.05, 0) is 26.3 Å². The summed E-state index contributed by atoms with van der Waals surface area (Å²) in [6.45, 7) is 5.28. The minimum absolute atomic E-state index is 0.0279. The SMILES string of the molecule is CCOC(=O)C1=C(C)NC(C)=C([N+](=O)[O-])C1c1ccccc1. The van der Waals surface area contributed by atoms with Crippen LogP contribution in [0.4, 0.5) is 0 Å². The number of nitrogens with one attached hydrogen (secondary N) is 1.